The van der Waals surface area contributed by atoms with E-state index in [1.54, 1.807) is 36.1 Å². The molecule has 0 spiro atoms. The first-order valence-electron chi connectivity index (χ1n) is 7.86. The average molecular weight is 329 g/mol. The SMILES string of the molecule is Cc1[nH]c(=O)[nH]c(=O)c1-c1cccc(C(=O)N2CCC[C@H]2CO)c1. The summed E-state index contributed by atoms with van der Waals surface area (Å²) in [6.07, 6.45) is 1.66. The van der Waals surface area contributed by atoms with Gasteiger partial charge in [0.2, 0.25) is 0 Å². The molecule has 1 atom stereocenters. The van der Waals surface area contributed by atoms with E-state index in [1.165, 1.54) is 0 Å². The Morgan fingerprint density at radius 1 is 1.33 bits per heavy atom. The van der Waals surface area contributed by atoms with Gasteiger partial charge in [-0.15, -0.1) is 0 Å². The van der Waals surface area contributed by atoms with Crippen LogP contribution in [0.4, 0.5) is 0 Å². The molecule has 1 aromatic carbocycles. The zero-order valence-electron chi connectivity index (χ0n) is 13.3. The van der Waals surface area contributed by atoms with Gasteiger partial charge in [-0.3, -0.25) is 14.6 Å². The van der Waals surface area contributed by atoms with Crippen LogP contribution in [0.15, 0.2) is 33.9 Å². The van der Waals surface area contributed by atoms with Gasteiger partial charge in [-0.2, -0.15) is 0 Å². The van der Waals surface area contributed by atoms with Crippen LogP contribution >= 0.6 is 0 Å². The molecule has 1 amide bonds. The van der Waals surface area contributed by atoms with Crippen molar-refractivity contribution in [1.82, 2.24) is 14.9 Å². The van der Waals surface area contributed by atoms with Gasteiger partial charge >= 0.3 is 5.69 Å². The predicted molar refractivity (Wildman–Crippen MR) is 89.0 cm³/mol. The van der Waals surface area contributed by atoms with Crippen molar-refractivity contribution < 1.29 is 9.90 Å². The Bertz CT molecular complexity index is 884. The average Bonchev–Trinajstić information content (AvgIpc) is 3.02. The molecule has 0 saturated carbocycles. The number of aliphatic hydroxyl groups excluding tert-OH is 1. The van der Waals surface area contributed by atoms with Crippen LogP contribution in [0, 0.1) is 6.92 Å². The highest BCUT2D eigenvalue weighted by molar-refractivity contribution is 5.96. The number of aliphatic hydroxyl groups is 1. The first kappa shape index (κ1) is 16.2. The second kappa shape index (κ2) is 6.45. The smallest absolute Gasteiger partial charge is 0.325 e. The molecule has 3 rings (SSSR count). The van der Waals surface area contributed by atoms with E-state index in [0.717, 1.165) is 12.8 Å². The molecule has 2 heterocycles. The van der Waals surface area contributed by atoms with Crippen LogP contribution in [0.25, 0.3) is 11.1 Å². The third-order valence-electron chi connectivity index (χ3n) is 4.38. The number of rotatable bonds is 3. The first-order valence-corrected chi connectivity index (χ1v) is 7.86. The molecule has 7 nitrogen and oxygen atoms in total. The number of aromatic nitrogens is 2. The lowest BCUT2D eigenvalue weighted by atomic mass is 10.0. The van der Waals surface area contributed by atoms with Gasteiger partial charge < -0.3 is 15.0 Å². The molecule has 1 aliphatic heterocycles. The Labute approximate surface area is 138 Å². The number of carbonyl (C=O) groups excluding carboxylic acids is 1. The third-order valence-corrected chi connectivity index (χ3v) is 4.38. The number of nitrogens with one attached hydrogen (secondary N) is 2. The Morgan fingerprint density at radius 2 is 2.12 bits per heavy atom. The highest BCUT2D eigenvalue weighted by Crippen LogP contribution is 2.23. The Balaban J connectivity index is 2.00. The standard InChI is InChI=1S/C17H19N3O4/c1-10-14(15(22)19-17(24)18-10)11-4-2-5-12(8-11)16(23)20-7-3-6-13(20)9-21/h2,4-5,8,13,21H,3,6-7,9H2,1H3,(H2,18,19,22,24)/t13-/m0/s1. The minimum Gasteiger partial charge on any atom is -0.394 e. The van der Waals surface area contributed by atoms with E-state index in [1.807, 2.05) is 0 Å². The summed E-state index contributed by atoms with van der Waals surface area (Å²) < 4.78 is 0. The number of benzene rings is 1. The van der Waals surface area contributed by atoms with E-state index in [2.05, 4.69) is 9.97 Å². The summed E-state index contributed by atoms with van der Waals surface area (Å²) in [7, 11) is 0. The molecular formula is C17H19N3O4. The molecule has 1 aromatic heterocycles. The van der Waals surface area contributed by atoms with Gasteiger partial charge in [-0.25, -0.2) is 4.79 Å². The van der Waals surface area contributed by atoms with Gasteiger partial charge in [0, 0.05) is 17.8 Å². The molecule has 0 aliphatic carbocycles. The highest BCUT2D eigenvalue weighted by Gasteiger charge is 2.28. The Hall–Kier alpha value is -2.67. The topological polar surface area (TPSA) is 106 Å². The van der Waals surface area contributed by atoms with E-state index in [9.17, 15) is 19.5 Å². The van der Waals surface area contributed by atoms with Crippen molar-refractivity contribution in [3.05, 3.63) is 56.4 Å². The monoisotopic (exact) mass is 329 g/mol. The van der Waals surface area contributed by atoms with Crippen LogP contribution in [0.5, 0.6) is 0 Å². The van der Waals surface area contributed by atoms with Gasteiger partial charge in [0.05, 0.1) is 18.2 Å². The fourth-order valence-corrected chi connectivity index (χ4v) is 3.21. The maximum absolute atomic E-state index is 12.7. The summed E-state index contributed by atoms with van der Waals surface area (Å²) in [6.45, 7) is 2.21. The maximum Gasteiger partial charge on any atom is 0.325 e. The van der Waals surface area contributed by atoms with Gasteiger partial charge in [0.25, 0.3) is 11.5 Å². The molecule has 0 unspecified atom stereocenters. The van der Waals surface area contributed by atoms with E-state index in [-0.39, 0.29) is 18.6 Å². The Kier molecular flexibility index (Phi) is 4.35. The lowest BCUT2D eigenvalue weighted by Crippen LogP contribution is -2.37. The van der Waals surface area contributed by atoms with Gasteiger partial charge in [-0.05, 0) is 37.5 Å². The molecule has 126 valence electrons. The van der Waals surface area contributed by atoms with Gasteiger partial charge in [-0.1, -0.05) is 12.1 Å². The van der Waals surface area contributed by atoms with Crippen molar-refractivity contribution >= 4 is 5.91 Å². The summed E-state index contributed by atoms with van der Waals surface area (Å²) in [5.41, 5.74) is 0.757. The quantitative estimate of drug-likeness (QED) is 0.768. The van der Waals surface area contributed by atoms with Crippen LogP contribution in [-0.4, -0.2) is 45.1 Å². The number of hydrogen-bond donors (Lipinski definition) is 3. The third kappa shape index (κ3) is 2.90. The normalized spacial score (nSPS) is 17.2. The maximum atomic E-state index is 12.7. The van der Waals surface area contributed by atoms with Crippen molar-refractivity contribution in [2.24, 2.45) is 0 Å². The Morgan fingerprint density at radius 3 is 2.83 bits per heavy atom. The van der Waals surface area contributed by atoms with Crippen molar-refractivity contribution in [2.45, 2.75) is 25.8 Å². The number of aryl methyl sites for hydroxylation is 1. The number of amides is 1. The molecule has 2 aromatic rings. The number of likely N-dealkylation sites (tertiary alicyclic amines) is 1. The summed E-state index contributed by atoms with van der Waals surface area (Å²) >= 11 is 0. The van der Waals surface area contributed by atoms with Gasteiger partial charge in [0.1, 0.15) is 0 Å². The number of carbonyl (C=O) groups is 1. The van der Waals surface area contributed by atoms with Crippen LogP contribution in [-0.2, 0) is 0 Å². The molecule has 0 bridgehead atoms. The van der Waals surface area contributed by atoms with E-state index in [0.29, 0.717) is 28.9 Å². The molecule has 7 heteroatoms. The van der Waals surface area contributed by atoms with E-state index >= 15 is 0 Å². The van der Waals surface area contributed by atoms with Crippen molar-refractivity contribution in [3.63, 3.8) is 0 Å². The van der Waals surface area contributed by atoms with Gasteiger partial charge in [0.15, 0.2) is 0 Å². The number of H-pyrrole nitrogens is 2. The van der Waals surface area contributed by atoms with Crippen LogP contribution in [0.3, 0.4) is 0 Å². The molecule has 3 N–H and O–H groups in total. The van der Waals surface area contributed by atoms with Crippen LogP contribution < -0.4 is 11.2 Å². The first-order chi connectivity index (χ1) is 11.5. The summed E-state index contributed by atoms with van der Waals surface area (Å²) in [5.74, 6) is -0.160. The fraction of sp³-hybridized carbons (Fsp3) is 0.353. The van der Waals surface area contributed by atoms with Crippen molar-refractivity contribution in [3.8, 4) is 11.1 Å². The molecular weight excluding hydrogens is 310 g/mol. The summed E-state index contributed by atoms with van der Waals surface area (Å²) in [5, 5.41) is 9.39. The largest absolute Gasteiger partial charge is 0.394 e. The lowest BCUT2D eigenvalue weighted by Gasteiger charge is -2.23. The van der Waals surface area contributed by atoms with Crippen LogP contribution in [0.2, 0.25) is 0 Å². The minimum absolute atomic E-state index is 0.0515. The minimum atomic E-state index is -0.559. The summed E-state index contributed by atoms with van der Waals surface area (Å²) in [4.78, 5) is 42.5. The number of hydrogen-bond acceptors (Lipinski definition) is 4. The molecule has 1 saturated heterocycles. The molecule has 0 radical (unpaired) electrons. The highest BCUT2D eigenvalue weighted by atomic mass is 16.3. The van der Waals surface area contributed by atoms with Crippen LogP contribution in [0.1, 0.15) is 28.9 Å². The predicted octanol–water partition coefficient (Wildman–Crippen LogP) is 0.636. The van der Waals surface area contributed by atoms with Crippen molar-refractivity contribution in [1.29, 1.82) is 0 Å². The molecule has 1 aliphatic rings. The molecule has 24 heavy (non-hydrogen) atoms. The van der Waals surface area contributed by atoms with E-state index in [4.69, 9.17) is 0 Å². The van der Waals surface area contributed by atoms with Crippen molar-refractivity contribution in [2.75, 3.05) is 13.2 Å². The fourth-order valence-electron chi connectivity index (χ4n) is 3.21. The zero-order valence-corrected chi connectivity index (χ0v) is 13.3. The zero-order chi connectivity index (χ0) is 17.3. The van der Waals surface area contributed by atoms with E-state index < -0.39 is 11.2 Å². The lowest BCUT2D eigenvalue weighted by molar-refractivity contribution is 0.0677. The second-order valence-electron chi connectivity index (χ2n) is 5.97. The summed E-state index contributed by atoms with van der Waals surface area (Å²) in [6, 6.07) is 6.61. The molecule has 1 fully saturated rings. The second-order valence-corrected chi connectivity index (χ2v) is 5.97. The number of nitrogens with zero attached hydrogens (tertiary/aromatic N) is 1. The number of aromatic amines is 2.